The monoisotopic (exact) mass is 517 g/mol. The highest BCUT2D eigenvalue weighted by Crippen LogP contribution is 2.38. The third kappa shape index (κ3) is 5.15. The Morgan fingerprint density at radius 1 is 1.03 bits per heavy atom. The summed E-state index contributed by atoms with van der Waals surface area (Å²) in [6.07, 6.45) is 0.115. The number of halogens is 1. The van der Waals surface area contributed by atoms with Crippen molar-refractivity contribution in [2.45, 2.75) is 24.3 Å². The maximum Gasteiger partial charge on any atom is 0.279 e. The van der Waals surface area contributed by atoms with Crippen LogP contribution < -0.4 is 9.46 Å². The van der Waals surface area contributed by atoms with E-state index < -0.39 is 31.9 Å². The van der Waals surface area contributed by atoms with Gasteiger partial charge in [0.05, 0.1) is 35.2 Å². The van der Waals surface area contributed by atoms with Crippen LogP contribution in [0.25, 0.3) is 0 Å². The van der Waals surface area contributed by atoms with E-state index >= 15 is 0 Å². The van der Waals surface area contributed by atoms with Crippen LogP contribution in [0.5, 0.6) is 5.75 Å². The molecule has 8 nitrogen and oxygen atoms in total. The highest BCUT2D eigenvalue weighted by atomic mass is 32.2. The van der Waals surface area contributed by atoms with E-state index in [0.29, 0.717) is 22.6 Å². The third-order valence-corrected chi connectivity index (χ3v) is 8.58. The van der Waals surface area contributed by atoms with Crippen molar-refractivity contribution in [3.63, 3.8) is 0 Å². The summed E-state index contributed by atoms with van der Waals surface area (Å²) in [6.45, 7) is 1.52. The van der Waals surface area contributed by atoms with Gasteiger partial charge in [0.1, 0.15) is 11.6 Å². The quantitative estimate of drug-likeness (QED) is 0.484. The fourth-order valence-corrected chi connectivity index (χ4v) is 5.84. The normalized spacial score (nSPS) is 16.1. The van der Waals surface area contributed by atoms with Gasteiger partial charge in [-0.05, 0) is 55.0 Å². The molecule has 4 rings (SSSR count). The Balaban J connectivity index is 1.82. The highest BCUT2D eigenvalue weighted by Gasteiger charge is 2.38. The second-order valence-electron chi connectivity index (χ2n) is 7.83. The van der Waals surface area contributed by atoms with E-state index in [1.807, 2.05) is 0 Å². The second kappa shape index (κ2) is 9.67. The molecule has 0 amide bonds. The van der Waals surface area contributed by atoms with Crippen molar-refractivity contribution < 1.29 is 26.0 Å². The fourth-order valence-electron chi connectivity index (χ4n) is 3.75. The molecule has 1 atom stereocenters. The van der Waals surface area contributed by atoms with E-state index in [4.69, 9.17) is 4.74 Å². The summed E-state index contributed by atoms with van der Waals surface area (Å²) in [4.78, 5) is -0.00956. The number of sulfonamides is 2. The number of hydrazone groups is 1. The van der Waals surface area contributed by atoms with Gasteiger partial charge in [-0.15, -0.1) is 0 Å². The van der Waals surface area contributed by atoms with Crippen molar-refractivity contribution in [2.24, 2.45) is 5.10 Å². The van der Waals surface area contributed by atoms with E-state index in [9.17, 15) is 21.2 Å². The fraction of sp³-hybridized carbons (Fsp3) is 0.208. The van der Waals surface area contributed by atoms with Crippen molar-refractivity contribution in [1.82, 2.24) is 4.41 Å². The number of benzene rings is 3. The van der Waals surface area contributed by atoms with Crippen LogP contribution in [-0.2, 0) is 20.0 Å². The van der Waals surface area contributed by atoms with Crippen LogP contribution >= 0.6 is 0 Å². The van der Waals surface area contributed by atoms with Crippen molar-refractivity contribution in [3.05, 3.63) is 89.7 Å². The Kier molecular flexibility index (Phi) is 6.82. The first-order valence-corrected chi connectivity index (χ1v) is 13.8. The topological polar surface area (TPSA) is 105 Å². The first kappa shape index (κ1) is 24.7. The molecule has 11 heteroatoms. The lowest BCUT2D eigenvalue weighted by molar-refractivity contribution is 0.370. The average molecular weight is 518 g/mol. The molecule has 0 unspecified atom stereocenters. The first-order valence-electron chi connectivity index (χ1n) is 10.8. The summed E-state index contributed by atoms with van der Waals surface area (Å²) in [5, 5.41) is 4.43. The molecule has 0 bridgehead atoms. The summed E-state index contributed by atoms with van der Waals surface area (Å²) in [7, 11) is -6.25. The second-order valence-corrected chi connectivity index (χ2v) is 11.6. The van der Waals surface area contributed by atoms with Crippen molar-refractivity contribution in [2.75, 3.05) is 17.6 Å². The van der Waals surface area contributed by atoms with E-state index in [-0.39, 0.29) is 22.8 Å². The molecule has 0 aromatic heterocycles. The molecule has 0 saturated heterocycles. The average Bonchev–Trinajstić information content (AvgIpc) is 3.30. The molecule has 1 aliphatic rings. The van der Waals surface area contributed by atoms with Gasteiger partial charge in [0.25, 0.3) is 10.0 Å². The van der Waals surface area contributed by atoms with Gasteiger partial charge in [-0.1, -0.05) is 30.3 Å². The number of nitrogens with zero attached hydrogens (tertiary/aromatic N) is 2. The minimum Gasteiger partial charge on any atom is -0.497 e. The Morgan fingerprint density at radius 2 is 1.74 bits per heavy atom. The van der Waals surface area contributed by atoms with Gasteiger partial charge in [0.15, 0.2) is 0 Å². The number of para-hydroxylation sites is 1. The number of ether oxygens (including phenoxy) is 1. The van der Waals surface area contributed by atoms with Crippen molar-refractivity contribution in [1.29, 1.82) is 0 Å². The van der Waals surface area contributed by atoms with Gasteiger partial charge in [0, 0.05) is 12.0 Å². The van der Waals surface area contributed by atoms with Gasteiger partial charge in [-0.25, -0.2) is 12.8 Å². The van der Waals surface area contributed by atoms with Crippen LogP contribution in [0, 0.1) is 5.82 Å². The minimum atomic E-state index is -4.14. The van der Waals surface area contributed by atoms with E-state index in [1.54, 1.807) is 30.3 Å². The summed E-state index contributed by atoms with van der Waals surface area (Å²) in [5.74, 6) is -0.139. The molecule has 0 saturated carbocycles. The summed E-state index contributed by atoms with van der Waals surface area (Å²) < 4.78 is 74.3. The lowest BCUT2D eigenvalue weighted by Gasteiger charge is -2.23. The Bertz CT molecular complexity index is 1470. The number of methoxy groups -OCH3 is 1. The number of anilines is 1. The molecule has 0 radical (unpaired) electrons. The number of rotatable bonds is 8. The van der Waals surface area contributed by atoms with Crippen LogP contribution in [0.2, 0.25) is 0 Å². The maximum absolute atomic E-state index is 14.1. The van der Waals surface area contributed by atoms with Gasteiger partial charge in [-0.3, -0.25) is 4.72 Å². The van der Waals surface area contributed by atoms with Crippen LogP contribution in [0.15, 0.2) is 82.8 Å². The van der Waals surface area contributed by atoms with Crippen LogP contribution in [0.3, 0.4) is 0 Å². The molecule has 3 aromatic carbocycles. The minimum absolute atomic E-state index is 0.00956. The maximum atomic E-state index is 14.1. The molecule has 0 spiro atoms. The Morgan fingerprint density at radius 3 is 2.40 bits per heavy atom. The lowest BCUT2D eigenvalue weighted by Crippen LogP contribution is -2.27. The van der Waals surface area contributed by atoms with Crippen LogP contribution in [0.1, 0.15) is 30.5 Å². The van der Waals surface area contributed by atoms with E-state index in [0.717, 1.165) is 4.41 Å². The van der Waals surface area contributed by atoms with Gasteiger partial charge in [-0.2, -0.15) is 17.9 Å². The SMILES string of the molecule is CCS(=O)(=O)Nc1ccccc1C1=NN(S(=O)(=O)c2ccc(OC)cc2)[C@H](c2cccc(F)c2)C1. The molecule has 184 valence electrons. The molecule has 1 heterocycles. The zero-order valence-corrected chi connectivity index (χ0v) is 20.7. The molecule has 1 aliphatic heterocycles. The van der Waals surface area contributed by atoms with Crippen LogP contribution in [-0.4, -0.2) is 39.8 Å². The molecule has 35 heavy (non-hydrogen) atoms. The third-order valence-electron chi connectivity index (χ3n) is 5.59. The summed E-state index contributed by atoms with van der Waals surface area (Å²) >= 11 is 0. The molecular weight excluding hydrogens is 493 g/mol. The van der Waals surface area contributed by atoms with Crippen LogP contribution in [0.4, 0.5) is 10.1 Å². The predicted octanol–water partition coefficient (Wildman–Crippen LogP) is 4.14. The zero-order valence-electron chi connectivity index (χ0n) is 19.0. The molecule has 0 aliphatic carbocycles. The van der Waals surface area contributed by atoms with Crippen molar-refractivity contribution in [3.8, 4) is 5.75 Å². The van der Waals surface area contributed by atoms with Gasteiger partial charge in [0.2, 0.25) is 10.0 Å². The molecule has 3 aromatic rings. The Hall–Kier alpha value is -3.44. The number of nitrogens with one attached hydrogen (secondary N) is 1. The van der Waals surface area contributed by atoms with E-state index in [2.05, 4.69) is 9.82 Å². The van der Waals surface area contributed by atoms with Crippen molar-refractivity contribution >= 4 is 31.4 Å². The molecule has 1 N–H and O–H groups in total. The van der Waals surface area contributed by atoms with E-state index in [1.165, 1.54) is 56.5 Å². The number of hydrogen-bond acceptors (Lipinski definition) is 6. The summed E-state index contributed by atoms with van der Waals surface area (Å²) in [6, 6.07) is 17.4. The Labute approximate surface area is 204 Å². The predicted molar refractivity (Wildman–Crippen MR) is 132 cm³/mol. The number of hydrogen-bond donors (Lipinski definition) is 1. The van der Waals surface area contributed by atoms with Gasteiger partial charge >= 0.3 is 0 Å². The first-order chi connectivity index (χ1) is 16.6. The summed E-state index contributed by atoms with van der Waals surface area (Å²) in [5.41, 5.74) is 1.51. The highest BCUT2D eigenvalue weighted by molar-refractivity contribution is 7.92. The zero-order chi connectivity index (χ0) is 25.2. The van der Waals surface area contributed by atoms with Gasteiger partial charge < -0.3 is 4.74 Å². The smallest absolute Gasteiger partial charge is 0.279 e. The largest absolute Gasteiger partial charge is 0.497 e. The standard InChI is InChI=1S/C24H24FN3O5S2/c1-3-34(29,30)27-22-10-5-4-9-21(22)23-16-24(17-7-6-8-18(25)15-17)28(26-23)35(31,32)20-13-11-19(33-2)12-14-20/h4-15,24,27H,3,16H2,1-2H3/t24-/m0/s1. The molecular formula is C24H24FN3O5S2. The molecule has 0 fully saturated rings. The lowest BCUT2D eigenvalue weighted by atomic mass is 9.98.